The van der Waals surface area contributed by atoms with Gasteiger partial charge in [-0.05, 0) is 50.5 Å². The average Bonchev–Trinajstić information content (AvgIpc) is 3.36. The van der Waals surface area contributed by atoms with E-state index in [0.717, 1.165) is 42.3 Å². The van der Waals surface area contributed by atoms with Gasteiger partial charge in [0.05, 0.1) is 17.1 Å². The molecule has 3 aromatic rings. The van der Waals surface area contributed by atoms with Crippen molar-refractivity contribution in [1.82, 2.24) is 24.5 Å². The van der Waals surface area contributed by atoms with Crippen molar-refractivity contribution in [3.8, 4) is 10.6 Å². The number of carbonyl (C=O) groups is 1. The Bertz CT molecular complexity index is 889. The SMILES string of the molecule is CN1CCC(n2nccc2NC(=O)c2cc(-c3cccs3)nn2C)CC1. The van der Waals surface area contributed by atoms with Crippen LogP contribution in [-0.4, -0.2) is 50.5 Å². The summed E-state index contributed by atoms with van der Waals surface area (Å²) in [7, 11) is 3.93. The molecule has 0 saturated carbocycles. The number of anilines is 1. The third-order valence-corrected chi connectivity index (χ3v) is 5.72. The van der Waals surface area contributed by atoms with E-state index >= 15 is 0 Å². The predicted molar refractivity (Wildman–Crippen MR) is 102 cm³/mol. The van der Waals surface area contributed by atoms with Gasteiger partial charge in [0.2, 0.25) is 0 Å². The van der Waals surface area contributed by atoms with E-state index in [2.05, 4.69) is 27.5 Å². The molecule has 0 bridgehead atoms. The van der Waals surface area contributed by atoms with Gasteiger partial charge in [0.15, 0.2) is 0 Å². The molecule has 8 heteroatoms. The van der Waals surface area contributed by atoms with E-state index in [4.69, 9.17) is 0 Å². The van der Waals surface area contributed by atoms with Crippen LogP contribution in [0.25, 0.3) is 10.6 Å². The van der Waals surface area contributed by atoms with Gasteiger partial charge in [-0.2, -0.15) is 10.2 Å². The summed E-state index contributed by atoms with van der Waals surface area (Å²) in [4.78, 5) is 16.2. The monoisotopic (exact) mass is 370 g/mol. The van der Waals surface area contributed by atoms with Gasteiger partial charge in [-0.15, -0.1) is 11.3 Å². The number of nitrogens with one attached hydrogen (secondary N) is 1. The summed E-state index contributed by atoms with van der Waals surface area (Å²) in [5.41, 5.74) is 1.35. The Labute approximate surface area is 156 Å². The van der Waals surface area contributed by atoms with Crippen molar-refractivity contribution in [2.45, 2.75) is 18.9 Å². The summed E-state index contributed by atoms with van der Waals surface area (Å²) in [6.07, 6.45) is 3.82. The lowest BCUT2D eigenvalue weighted by Gasteiger charge is -2.29. The molecule has 0 aromatic carbocycles. The summed E-state index contributed by atoms with van der Waals surface area (Å²) in [6, 6.07) is 7.99. The lowest BCUT2D eigenvalue weighted by atomic mass is 10.1. The van der Waals surface area contributed by atoms with Crippen LogP contribution < -0.4 is 5.32 Å². The zero-order valence-electron chi connectivity index (χ0n) is 14.9. The molecule has 0 atom stereocenters. The van der Waals surface area contributed by atoms with Crippen molar-refractivity contribution in [1.29, 1.82) is 0 Å². The molecule has 1 N–H and O–H groups in total. The van der Waals surface area contributed by atoms with E-state index in [1.807, 2.05) is 34.3 Å². The van der Waals surface area contributed by atoms with Crippen LogP contribution >= 0.6 is 11.3 Å². The number of likely N-dealkylation sites (tertiary alicyclic amines) is 1. The fraction of sp³-hybridized carbons (Fsp3) is 0.389. The highest BCUT2D eigenvalue weighted by Crippen LogP contribution is 2.26. The topological polar surface area (TPSA) is 68.0 Å². The maximum absolute atomic E-state index is 12.8. The van der Waals surface area contributed by atoms with Crippen molar-refractivity contribution >= 4 is 23.1 Å². The molecule has 0 spiro atoms. The third kappa shape index (κ3) is 3.30. The van der Waals surface area contributed by atoms with Gasteiger partial charge in [-0.1, -0.05) is 6.07 Å². The molecule has 1 saturated heterocycles. The standard InChI is InChI=1S/C18H22N6OS/c1-22-9-6-13(7-10-22)24-17(5-8-19-24)20-18(25)15-12-14(21-23(15)2)16-4-3-11-26-16/h3-5,8,11-13H,6-7,9-10H2,1-2H3,(H,20,25). The molecule has 1 aliphatic rings. The molecule has 1 aliphatic heterocycles. The minimum Gasteiger partial charge on any atom is -0.306 e. The second-order valence-electron chi connectivity index (χ2n) is 6.67. The number of hydrogen-bond acceptors (Lipinski definition) is 5. The van der Waals surface area contributed by atoms with Crippen LogP contribution in [0.1, 0.15) is 29.4 Å². The van der Waals surface area contributed by atoms with Gasteiger partial charge >= 0.3 is 0 Å². The number of aryl methyl sites for hydroxylation is 1. The molecule has 1 amide bonds. The normalized spacial score (nSPS) is 16.1. The first kappa shape index (κ1) is 17.0. The quantitative estimate of drug-likeness (QED) is 0.767. The summed E-state index contributed by atoms with van der Waals surface area (Å²) in [6.45, 7) is 2.09. The summed E-state index contributed by atoms with van der Waals surface area (Å²) in [5.74, 6) is 0.570. The highest BCUT2D eigenvalue weighted by molar-refractivity contribution is 7.13. The van der Waals surface area contributed by atoms with Crippen molar-refractivity contribution in [3.05, 3.63) is 41.5 Å². The van der Waals surface area contributed by atoms with Crippen LogP contribution in [0, 0.1) is 0 Å². The van der Waals surface area contributed by atoms with Crippen LogP contribution in [-0.2, 0) is 7.05 Å². The zero-order valence-corrected chi connectivity index (χ0v) is 15.7. The van der Waals surface area contributed by atoms with E-state index in [1.54, 1.807) is 29.3 Å². The Morgan fingerprint density at radius 2 is 2.08 bits per heavy atom. The van der Waals surface area contributed by atoms with Crippen LogP contribution in [0.2, 0.25) is 0 Å². The average molecular weight is 370 g/mol. The van der Waals surface area contributed by atoms with Gasteiger partial charge in [-0.3, -0.25) is 9.48 Å². The molecule has 3 aromatic heterocycles. The highest BCUT2D eigenvalue weighted by atomic mass is 32.1. The Balaban J connectivity index is 1.52. The number of nitrogens with zero attached hydrogens (tertiary/aromatic N) is 5. The number of hydrogen-bond donors (Lipinski definition) is 1. The molecular formula is C18H22N6OS. The first-order valence-corrected chi connectivity index (χ1v) is 9.61. The van der Waals surface area contributed by atoms with Gasteiger partial charge in [0.25, 0.3) is 5.91 Å². The maximum atomic E-state index is 12.8. The molecule has 0 unspecified atom stereocenters. The first-order valence-electron chi connectivity index (χ1n) is 8.73. The minimum absolute atomic E-state index is 0.169. The van der Waals surface area contributed by atoms with Crippen molar-refractivity contribution < 1.29 is 4.79 Å². The number of carbonyl (C=O) groups excluding carboxylic acids is 1. The fourth-order valence-electron chi connectivity index (χ4n) is 3.35. The molecule has 7 nitrogen and oxygen atoms in total. The minimum atomic E-state index is -0.169. The van der Waals surface area contributed by atoms with Crippen molar-refractivity contribution in [3.63, 3.8) is 0 Å². The molecule has 136 valence electrons. The lowest BCUT2D eigenvalue weighted by molar-refractivity contribution is 0.101. The van der Waals surface area contributed by atoms with Gasteiger partial charge < -0.3 is 10.2 Å². The van der Waals surface area contributed by atoms with E-state index in [1.165, 1.54) is 0 Å². The van der Waals surface area contributed by atoms with Crippen molar-refractivity contribution in [2.24, 2.45) is 7.05 Å². The number of aromatic nitrogens is 4. The van der Waals surface area contributed by atoms with E-state index in [0.29, 0.717) is 11.7 Å². The summed E-state index contributed by atoms with van der Waals surface area (Å²) >= 11 is 1.61. The Morgan fingerprint density at radius 1 is 1.27 bits per heavy atom. The lowest BCUT2D eigenvalue weighted by Crippen LogP contribution is -2.32. The van der Waals surface area contributed by atoms with Crippen LogP contribution in [0.5, 0.6) is 0 Å². The molecule has 1 fully saturated rings. The molecule has 0 aliphatic carbocycles. The van der Waals surface area contributed by atoms with E-state index in [-0.39, 0.29) is 5.91 Å². The molecule has 4 rings (SSSR count). The zero-order chi connectivity index (χ0) is 18.1. The van der Waals surface area contributed by atoms with Crippen LogP contribution in [0.15, 0.2) is 35.8 Å². The highest BCUT2D eigenvalue weighted by Gasteiger charge is 2.22. The first-order chi connectivity index (χ1) is 12.6. The second kappa shape index (κ2) is 7.05. The molecule has 26 heavy (non-hydrogen) atoms. The van der Waals surface area contributed by atoms with Crippen molar-refractivity contribution in [2.75, 3.05) is 25.5 Å². The Morgan fingerprint density at radius 3 is 2.81 bits per heavy atom. The van der Waals surface area contributed by atoms with Gasteiger partial charge in [-0.25, -0.2) is 4.68 Å². The number of amides is 1. The van der Waals surface area contributed by atoms with Crippen LogP contribution in [0.3, 0.4) is 0 Å². The third-order valence-electron chi connectivity index (χ3n) is 4.83. The molecule has 4 heterocycles. The van der Waals surface area contributed by atoms with Gasteiger partial charge in [0.1, 0.15) is 17.2 Å². The maximum Gasteiger partial charge on any atom is 0.275 e. The summed E-state index contributed by atoms with van der Waals surface area (Å²) in [5, 5.41) is 13.9. The largest absolute Gasteiger partial charge is 0.306 e. The number of thiophene rings is 1. The van der Waals surface area contributed by atoms with E-state index in [9.17, 15) is 4.79 Å². The smallest absolute Gasteiger partial charge is 0.275 e. The van der Waals surface area contributed by atoms with Gasteiger partial charge in [0, 0.05) is 13.1 Å². The van der Waals surface area contributed by atoms with E-state index < -0.39 is 0 Å². The Hall–Kier alpha value is -2.45. The van der Waals surface area contributed by atoms with Crippen LogP contribution in [0.4, 0.5) is 5.82 Å². The Kier molecular flexibility index (Phi) is 4.60. The molecular weight excluding hydrogens is 348 g/mol. The fourth-order valence-corrected chi connectivity index (χ4v) is 4.03. The predicted octanol–water partition coefficient (Wildman–Crippen LogP) is 2.86. The second-order valence-corrected chi connectivity index (χ2v) is 7.61. The number of piperidine rings is 1. The number of rotatable bonds is 4. The molecule has 0 radical (unpaired) electrons. The summed E-state index contributed by atoms with van der Waals surface area (Å²) < 4.78 is 3.57.